The third-order valence-electron chi connectivity index (χ3n) is 6.13. The van der Waals surface area contributed by atoms with Gasteiger partial charge < -0.3 is 14.2 Å². The van der Waals surface area contributed by atoms with Crippen LogP contribution in [0.5, 0.6) is 5.75 Å². The SMILES string of the molecule is CCCN(CCC)C(=O)Cn1c(=O)n(-c2ccccc2)c(=O)c2c1c1cc(OC)ccc1n2C. The van der Waals surface area contributed by atoms with E-state index in [0.29, 0.717) is 40.9 Å². The van der Waals surface area contributed by atoms with Crippen LogP contribution in [0.3, 0.4) is 0 Å². The number of amides is 1. The van der Waals surface area contributed by atoms with E-state index in [9.17, 15) is 14.4 Å². The van der Waals surface area contributed by atoms with Crippen molar-refractivity contribution < 1.29 is 9.53 Å². The van der Waals surface area contributed by atoms with E-state index < -0.39 is 11.2 Å². The Hall–Kier alpha value is -3.81. The van der Waals surface area contributed by atoms with Crippen LogP contribution in [0.25, 0.3) is 27.6 Å². The zero-order valence-corrected chi connectivity index (χ0v) is 20.1. The van der Waals surface area contributed by atoms with Gasteiger partial charge in [0.25, 0.3) is 5.56 Å². The summed E-state index contributed by atoms with van der Waals surface area (Å²) in [5.41, 5.74) is 1.07. The molecule has 0 saturated carbocycles. The maximum absolute atomic E-state index is 13.8. The molecule has 0 unspecified atom stereocenters. The van der Waals surface area contributed by atoms with Crippen molar-refractivity contribution in [3.8, 4) is 11.4 Å². The summed E-state index contributed by atoms with van der Waals surface area (Å²) in [4.78, 5) is 42.6. The summed E-state index contributed by atoms with van der Waals surface area (Å²) in [7, 11) is 3.36. The molecule has 0 aliphatic carbocycles. The monoisotopic (exact) mass is 462 g/mol. The fraction of sp³-hybridized carbons (Fsp3) is 0.346. The number of methoxy groups -OCH3 is 1. The zero-order chi connectivity index (χ0) is 24.4. The van der Waals surface area contributed by atoms with Crippen molar-refractivity contribution in [1.82, 2.24) is 18.6 Å². The van der Waals surface area contributed by atoms with Crippen LogP contribution >= 0.6 is 0 Å². The van der Waals surface area contributed by atoms with E-state index >= 15 is 0 Å². The lowest BCUT2D eigenvalue weighted by Crippen LogP contribution is -2.43. The Labute approximate surface area is 197 Å². The second kappa shape index (κ2) is 9.59. The van der Waals surface area contributed by atoms with Crippen LogP contribution in [0.15, 0.2) is 58.1 Å². The highest BCUT2D eigenvalue weighted by atomic mass is 16.5. The quantitative estimate of drug-likeness (QED) is 0.403. The third kappa shape index (κ3) is 3.89. The van der Waals surface area contributed by atoms with Gasteiger partial charge >= 0.3 is 5.69 Å². The van der Waals surface area contributed by atoms with Gasteiger partial charge in [0, 0.05) is 25.5 Å². The lowest BCUT2D eigenvalue weighted by Gasteiger charge is -2.22. The van der Waals surface area contributed by atoms with Crippen LogP contribution in [-0.4, -0.2) is 44.7 Å². The highest BCUT2D eigenvalue weighted by molar-refractivity contribution is 6.06. The maximum Gasteiger partial charge on any atom is 0.336 e. The van der Waals surface area contributed by atoms with Crippen LogP contribution in [-0.2, 0) is 18.4 Å². The van der Waals surface area contributed by atoms with Crippen molar-refractivity contribution >= 4 is 27.8 Å². The van der Waals surface area contributed by atoms with Gasteiger partial charge in [-0.3, -0.25) is 14.2 Å². The van der Waals surface area contributed by atoms with Gasteiger partial charge in [-0.05, 0) is 43.2 Å². The Morgan fingerprint density at radius 1 is 0.971 bits per heavy atom. The van der Waals surface area contributed by atoms with Gasteiger partial charge in [-0.25, -0.2) is 9.36 Å². The molecule has 0 aliphatic heterocycles. The number of carbonyl (C=O) groups is 1. The number of aryl methyl sites for hydroxylation is 1. The molecule has 1 amide bonds. The Kier molecular flexibility index (Phi) is 6.58. The first-order chi connectivity index (χ1) is 16.4. The summed E-state index contributed by atoms with van der Waals surface area (Å²) < 4.78 is 9.77. The maximum atomic E-state index is 13.8. The predicted octanol–water partition coefficient (Wildman–Crippen LogP) is 3.30. The summed E-state index contributed by atoms with van der Waals surface area (Å²) in [6.07, 6.45) is 1.65. The molecule has 178 valence electrons. The van der Waals surface area contributed by atoms with Gasteiger partial charge in [0.2, 0.25) is 5.91 Å². The van der Waals surface area contributed by atoms with E-state index in [0.717, 1.165) is 22.9 Å². The van der Waals surface area contributed by atoms with Crippen LogP contribution in [0.4, 0.5) is 0 Å². The van der Waals surface area contributed by atoms with Gasteiger partial charge in [0.15, 0.2) is 0 Å². The molecule has 2 heterocycles. The Balaban J connectivity index is 2.07. The minimum Gasteiger partial charge on any atom is -0.497 e. The highest BCUT2D eigenvalue weighted by Crippen LogP contribution is 2.29. The molecule has 0 spiro atoms. The number of aromatic nitrogens is 3. The highest BCUT2D eigenvalue weighted by Gasteiger charge is 2.24. The Morgan fingerprint density at radius 2 is 1.65 bits per heavy atom. The van der Waals surface area contributed by atoms with Crippen LogP contribution in [0, 0.1) is 0 Å². The summed E-state index contributed by atoms with van der Waals surface area (Å²) in [6, 6.07) is 14.3. The minimum absolute atomic E-state index is 0.148. The number of fused-ring (bicyclic) bond motifs is 3. The molecule has 0 radical (unpaired) electrons. The van der Waals surface area contributed by atoms with E-state index in [1.807, 2.05) is 32.0 Å². The number of rotatable bonds is 8. The van der Waals surface area contributed by atoms with Crippen molar-refractivity contribution in [3.05, 3.63) is 69.4 Å². The second-order valence-corrected chi connectivity index (χ2v) is 8.36. The topological polar surface area (TPSA) is 78.5 Å². The number of para-hydroxylation sites is 1. The molecule has 0 N–H and O–H groups in total. The van der Waals surface area contributed by atoms with Crippen LogP contribution in [0.1, 0.15) is 26.7 Å². The smallest absolute Gasteiger partial charge is 0.336 e. The summed E-state index contributed by atoms with van der Waals surface area (Å²) in [5.74, 6) is 0.460. The number of ether oxygens (including phenoxy) is 1. The molecule has 8 nitrogen and oxygen atoms in total. The van der Waals surface area contributed by atoms with Gasteiger partial charge in [0.1, 0.15) is 17.8 Å². The average Bonchev–Trinajstić information content (AvgIpc) is 3.14. The molecule has 4 rings (SSSR count). The van der Waals surface area contributed by atoms with E-state index in [1.54, 1.807) is 54.0 Å². The molecule has 2 aromatic heterocycles. The van der Waals surface area contributed by atoms with E-state index in [4.69, 9.17) is 4.74 Å². The van der Waals surface area contributed by atoms with Crippen molar-refractivity contribution in [3.63, 3.8) is 0 Å². The fourth-order valence-electron chi connectivity index (χ4n) is 4.55. The number of hydrogen-bond donors (Lipinski definition) is 0. The summed E-state index contributed by atoms with van der Waals surface area (Å²) in [6.45, 7) is 5.12. The number of nitrogens with zero attached hydrogens (tertiary/aromatic N) is 4. The Morgan fingerprint density at radius 3 is 2.26 bits per heavy atom. The number of carbonyl (C=O) groups excluding carboxylic acids is 1. The number of hydrogen-bond acceptors (Lipinski definition) is 4. The first-order valence-electron chi connectivity index (χ1n) is 11.6. The summed E-state index contributed by atoms with van der Waals surface area (Å²) >= 11 is 0. The van der Waals surface area contributed by atoms with Gasteiger partial charge in [-0.2, -0.15) is 0 Å². The summed E-state index contributed by atoms with van der Waals surface area (Å²) in [5, 5.41) is 0.691. The van der Waals surface area contributed by atoms with Gasteiger partial charge in [-0.1, -0.05) is 32.0 Å². The normalized spacial score (nSPS) is 11.3. The van der Waals surface area contributed by atoms with Crippen molar-refractivity contribution in [2.24, 2.45) is 7.05 Å². The van der Waals surface area contributed by atoms with Crippen molar-refractivity contribution in [1.29, 1.82) is 0 Å². The lowest BCUT2D eigenvalue weighted by molar-refractivity contribution is -0.131. The molecule has 34 heavy (non-hydrogen) atoms. The molecular formula is C26H30N4O4. The average molecular weight is 463 g/mol. The number of benzene rings is 2. The van der Waals surface area contributed by atoms with Crippen LogP contribution in [0.2, 0.25) is 0 Å². The van der Waals surface area contributed by atoms with Gasteiger partial charge in [-0.15, -0.1) is 0 Å². The molecular weight excluding hydrogens is 432 g/mol. The van der Waals surface area contributed by atoms with Gasteiger partial charge in [0.05, 0.1) is 23.8 Å². The van der Waals surface area contributed by atoms with E-state index in [1.165, 1.54) is 4.57 Å². The molecule has 0 atom stereocenters. The molecule has 4 aromatic rings. The lowest BCUT2D eigenvalue weighted by atomic mass is 10.2. The standard InChI is InChI=1S/C26H30N4O4/c1-5-14-28(15-6-2)22(31)17-29-23-20-16-19(34-4)12-13-21(20)27(3)24(23)25(32)30(26(29)33)18-10-8-7-9-11-18/h7-13,16H,5-6,14-15,17H2,1-4H3. The van der Waals surface area contributed by atoms with E-state index in [2.05, 4.69) is 0 Å². The fourth-order valence-corrected chi connectivity index (χ4v) is 4.55. The molecule has 0 bridgehead atoms. The Bertz CT molecular complexity index is 1460. The zero-order valence-electron chi connectivity index (χ0n) is 20.1. The predicted molar refractivity (Wildman–Crippen MR) is 134 cm³/mol. The van der Waals surface area contributed by atoms with Crippen molar-refractivity contribution in [2.45, 2.75) is 33.2 Å². The van der Waals surface area contributed by atoms with Crippen LogP contribution < -0.4 is 16.0 Å². The molecule has 8 heteroatoms. The molecule has 0 fully saturated rings. The second-order valence-electron chi connectivity index (χ2n) is 8.36. The largest absolute Gasteiger partial charge is 0.497 e. The molecule has 0 saturated heterocycles. The first-order valence-corrected chi connectivity index (χ1v) is 11.6. The molecule has 2 aromatic carbocycles. The first kappa shape index (κ1) is 23.4. The minimum atomic E-state index is -0.541. The third-order valence-corrected chi connectivity index (χ3v) is 6.13. The van der Waals surface area contributed by atoms with E-state index in [-0.39, 0.29) is 12.5 Å². The molecule has 0 aliphatic rings. The van der Waals surface area contributed by atoms with Crippen molar-refractivity contribution in [2.75, 3.05) is 20.2 Å².